The van der Waals surface area contributed by atoms with Crippen LogP contribution in [-0.4, -0.2) is 17.2 Å². The molecule has 0 bridgehead atoms. The van der Waals surface area contributed by atoms with Crippen LogP contribution in [-0.2, 0) is 4.79 Å². The van der Waals surface area contributed by atoms with Gasteiger partial charge in [0.2, 0.25) is 5.91 Å². The Balaban J connectivity index is 1.87. The maximum Gasteiger partial charge on any atom is 0.252 e. The second-order valence-electron chi connectivity index (χ2n) is 5.32. The lowest BCUT2D eigenvalue weighted by atomic mass is 10.1. The first-order valence-corrected chi connectivity index (χ1v) is 8.20. The van der Waals surface area contributed by atoms with Crippen LogP contribution in [0.2, 0.25) is 0 Å². The summed E-state index contributed by atoms with van der Waals surface area (Å²) >= 11 is 1.31. The van der Waals surface area contributed by atoms with Gasteiger partial charge >= 0.3 is 0 Å². The normalized spacial score (nSPS) is 18.2. The van der Waals surface area contributed by atoms with Crippen LogP contribution in [0.25, 0.3) is 0 Å². The van der Waals surface area contributed by atoms with Crippen LogP contribution in [0.1, 0.15) is 45.4 Å². The molecule has 1 aromatic heterocycles. The highest BCUT2D eigenvalue weighted by Gasteiger charge is 2.21. The average Bonchev–Trinajstić information content (AvgIpc) is 2.70. The molecule has 1 atom stereocenters. The summed E-state index contributed by atoms with van der Waals surface area (Å²) in [5.41, 5.74) is 0. The van der Waals surface area contributed by atoms with E-state index >= 15 is 0 Å². The molecule has 1 fully saturated rings. The van der Waals surface area contributed by atoms with Crippen molar-refractivity contribution in [3.05, 3.63) is 29.6 Å². The number of hydrogen-bond donors (Lipinski definition) is 1. The van der Waals surface area contributed by atoms with Gasteiger partial charge in [0, 0.05) is 18.2 Å². The Morgan fingerprint density at radius 2 is 2.05 bits per heavy atom. The molecule has 1 saturated carbocycles. The first-order chi connectivity index (χ1) is 9.66. The van der Waals surface area contributed by atoms with Crippen molar-refractivity contribution in [1.82, 2.24) is 5.32 Å². The third-order valence-corrected chi connectivity index (χ3v) is 4.78. The Bertz CT molecular complexity index is 445. The van der Waals surface area contributed by atoms with Crippen molar-refractivity contribution in [2.24, 2.45) is 0 Å². The van der Waals surface area contributed by atoms with Gasteiger partial charge in [-0.15, -0.1) is 0 Å². The van der Waals surface area contributed by atoms with E-state index in [2.05, 4.69) is 5.32 Å². The summed E-state index contributed by atoms with van der Waals surface area (Å²) in [7, 11) is 0. The Kier molecular flexibility index (Phi) is 5.71. The molecular formula is C15H22N2O2S. The van der Waals surface area contributed by atoms with Crippen molar-refractivity contribution in [1.29, 1.82) is 0 Å². The fraction of sp³-hybridized carbons (Fsp3) is 0.600. The van der Waals surface area contributed by atoms with Gasteiger partial charge in [-0.25, -0.2) is 0 Å². The molecule has 0 unspecified atom stereocenters. The molecule has 0 saturated heterocycles. The number of pyridine rings is 1. The SMILES string of the molecule is C[C@@H](Sc1cccc[n+]1[O-])C(=O)NC1CCCCCC1. The van der Waals surface area contributed by atoms with Crippen LogP contribution in [0.15, 0.2) is 29.4 Å². The van der Waals surface area contributed by atoms with E-state index in [9.17, 15) is 10.0 Å². The minimum atomic E-state index is -0.249. The zero-order valence-corrected chi connectivity index (χ0v) is 12.7. The smallest absolute Gasteiger partial charge is 0.252 e. The molecule has 0 aliphatic heterocycles. The number of hydrogen-bond acceptors (Lipinski definition) is 3. The predicted octanol–water partition coefficient (Wildman–Crippen LogP) is 2.64. The molecule has 0 spiro atoms. The maximum atomic E-state index is 12.2. The summed E-state index contributed by atoms with van der Waals surface area (Å²) in [5.74, 6) is 0.0331. The zero-order valence-electron chi connectivity index (χ0n) is 11.9. The molecule has 110 valence electrons. The quantitative estimate of drug-likeness (QED) is 0.402. The zero-order chi connectivity index (χ0) is 14.4. The van der Waals surface area contributed by atoms with Gasteiger partial charge in [-0.1, -0.05) is 25.7 Å². The molecule has 4 nitrogen and oxygen atoms in total. The van der Waals surface area contributed by atoms with Crippen LogP contribution >= 0.6 is 11.8 Å². The summed E-state index contributed by atoms with van der Waals surface area (Å²) in [5, 5.41) is 15.0. The average molecular weight is 294 g/mol. The largest absolute Gasteiger partial charge is 0.618 e. The molecule has 1 heterocycles. The van der Waals surface area contributed by atoms with Gasteiger partial charge in [-0.3, -0.25) is 4.79 Å². The summed E-state index contributed by atoms with van der Waals surface area (Å²) in [4.78, 5) is 12.2. The van der Waals surface area contributed by atoms with Crippen LogP contribution in [0.3, 0.4) is 0 Å². The molecule has 0 aromatic carbocycles. The van der Waals surface area contributed by atoms with Crippen molar-refractivity contribution in [2.45, 2.75) is 61.8 Å². The van der Waals surface area contributed by atoms with E-state index in [-0.39, 0.29) is 11.2 Å². The van der Waals surface area contributed by atoms with E-state index in [4.69, 9.17) is 0 Å². The van der Waals surface area contributed by atoms with E-state index in [1.54, 1.807) is 12.1 Å². The number of rotatable bonds is 4. The van der Waals surface area contributed by atoms with Crippen LogP contribution < -0.4 is 10.0 Å². The number of carbonyl (C=O) groups excluding carboxylic acids is 1. The summed E-state index contributed by atoms with van der Waals surface area (Å²) in [6.07, 6.45) is 8.56. The molecular weight excluding hydrogens is 272 g/mol. The molecule has 1 aromatic rings. The second-order valence-corrected chi connectivity index (χ2v) is 6.68. The maximum absolute atomic E-state index is 12.2. The number of nitrogens with zero attached hydrogens (tertiary/aromatic N) is 1. The van der Waals surface area contributed by atoms with E-state index in [0.717, 1.165) is 17.6 Å². The third kappa shape index (κ3) is 4.40. The van der Waals surface area contributed by atoms with E-state index < -0.39 is 0 Å². The highest BCUT2D eigenvalue weighted by Crippen LogP contribution is 2.21. The van der Waals surface area contributed by atoms with Gasteiger partial charge in [0.25, 0.3) is 5.03 Å². The number of aromatic nitrogens is 1. The van der Waals surface area contributed by atoms with Crippen molar-refractivity contribution < 1.29 is 9.52 Å². The van der Waals surface area contributed by atoms with Crippen molar-refractivity contribution >= 4 is 17.7 Å². The fourth-order valence-corrected chi connectivity index (χ4v) is 3.34. The minimum Gasteiger partial charge on any atom is -0.618 e. The van der Waals surface area contributed by atoms with Crippen molar-refractivity contribution in [3.8, 4) is 0 Å². The van der Waals surface area contributed by atoms with Crippen molar-refractivity contribution in [3.63, 3.8) is 0 Å². The second kappa shape index (κ2) is 7.53. The molecule has 1 aliphatic carbocycles. The minimum absolute atomic E-state index is 0.0331. The molecule has 20 heavy (non-hydrogen) atoms. The van der Waals surface area contributed by atoms with Crippen LogP contribution in [0.4, 0.5) is 0 Å². The Morgan fingerprint density at radius 1 is 1.35 bits per heavy atom. The van der Waals surface area contributed by atoms with Crippen LogP contribution in [0, 0.1) is 5.21 Å². The Labute approximate surface area is 124 Å². The predicted molar refractivity (Wildman–Crippen MR) is 80.4 cm³/mol. The van der Waals surface area contributed by atoms with Gasteiger partial charge < -0.3 is 10.5 Å². The van der Waals surface area contributed by atoms with E-state index in [0.29, 0.717) is 11.1 Å². The molecule has 5 heteroatoms. The van der Waals surface area contributed by atoms with Gasteiger partial charge in [-0.05, 0) is 37.6 Å². The van der Waals surface area contributed by atoms with E-state index in [1.807, 2.05) is 13.0 Å². The number of nitrogens with one attached hydrogen (secondary N) is 1. The fourth-order valence-electron chi connectivity index (χ4n) is 2.48. The summed E-state index contributed by atoms with van der Waals surface area (Å²) < 4.78 is 0.806. The number of thioether (sulfide) groups is 1. The molecule has 1 N–H and O–H groups in total. The summed E-state index contributed by atoms with van der Waals surface area (Å²) in [6, 6.07) is 5.55. The lowest BCUT2D eigenvalue weighted by Gasteiger charge is -2.18. The third-order valence-electron chi connectivity index (χ3n) is 3.66. The summed E-state index contributed by atoms with van der Waals surface area (Å²) in [6.45, 7) is 1.85. The first-order valence-electron chi connectivity index (χ1n) is 7.32. The van der Waals surface area contributed by atoms with E-state index in [1.165, 1.54) is 43.6 Å². The highest BCUT2D eigenvalue weighted by atomic mass is 32.2. The lowest BCUT2D eigenvalue weighted by Crippen LogP contribution is -2.39. The van der Waals surface area contributed by atoms with Gasteiger partial charge in [0.1, 0.15) is 0 Å². The molecule has 0 radical (unpaired) electrons. The molecule has 2 rings (SSSR count). The number of carbonyl (C=O) groups is 1. The van der Waals surface area contributed by atoms with Gasteiger partial charge in [0.05, 0.1) is 5.25 Å². The van der Waals surface area contributed by atoms with Crippen LogP contribution in [0.5, 0.6) is 0 Å². The lowest BCUT2D eigenvalue weighted by molar-refractivity contribution is -0.645. The van der Waals surface area contributed by atoms with Gasteiger partial charge in [0.15, 0.2) is 6.20 Å². The first kappa shape index (κ1) is 15.2. The topological polar surface area (TPSA) is 56.0 Å². The number of amides is 1. The monoisotopic (exact) mass is 294 g/mol. The Hall–Kier alpha value is -1.23. The van der Waals surface area contributed by atoms with Gasteiger partial charge in [-0.2, -0.15) is 4.73 Å². The molecule has 1 amide bonds. The van der Waals surface area contributed by atoms with Crippen molar-refractivity contribution in [2.75, 3.05) is 0 Å². The highest BCUT2D eigenvalue weighted by molar-refractivity contribution is 8.00. The Morgan fingerprint density at radius 3 is 2.70 bits per heavy atom. The molecule has 1 aliphatic rings. The standard InChI is InChI=1S/C15H22N2O2S/c1-12(20-14-10-6-7-11-17(14)19)15(18)16-13-8-4-2-3-5-9-13/h6-7,10-13H,2-5,8-9H2,1H3,(H,16,18)/t12-/m1/s1.